The van der Waals surface area contributed by atoms with Crippen molar-refractivity contribution in [2.24, 2.45) is 0 Å². The van der Waals surface area contributed by atoms with E-state index in [2.05, 4.69) is 114 Å². The summed E-state index contributed by atoms with van der Waals surface area (Å²) < 4.78 is 15.0. The fourth-order valence-corrected chi connectivity index (χ4v) is 7.56. The Balaban J connectivity index is 1.20. The Morgan fingerprint density at radius 3 is 1.98 bits per heavy atom. The molecule has 4 nitrogen and oxygen atoms in total. The number of nitrogens with zero attached hydrogens (tertiary/aromatic N) is 2. The maximum atomic E-state index is 6.49. The number of aromatic nitrogens is 2. The van der Waals surface area contributed by atoms with Crippen molar-refractivity contribution >= 4 is 93.0 Å². The predicted molar refractivity (Wildman–Crippen MR) is 185 cm³/mol. The van der Waals surface area contributed by atoms with Crippen molar-refractivity contribution in [2.45, 2.75) is 0 Å². The lowest BCUT2D eigenvalue weighted by Crippen LogP contribution is -1.93. The Morgan fingerprint density at radius 2 is 1.09 bits per heavy atom. The van der Waals surface area contributed by atoms with Gasteiger partial charge in [-0.2, -0.15) is 0 Å². The van der Waals surface area contributed by atoms with E-state index in [4.69, 9.17) is 13.8 Å². The van der Waals surface area contributed by atoms with E-state index in [1.165, 1.54) is 26.9 Å². The van der Waals surface area contributed by atoms with Crippen molar-refractivity contribution in [3.63, 3.8) is 0 Å². The maximum Gasteiger partial charge on any atom is 0.147 e. The number of furan rings is 2. The second kappa shape index (κ2) is 8.28. The number of imidazole rings is 1. The van der Waals surface area contributed by atoms with Gasteiger partial charge in [0.25, 0.3) is 0 Å². The molecule has 0 aliphatic heterocycles. The quantitative estimate of drug-likeness (QED) is 0.183. The molecule has 0 bridgehead atoms. The van der Waals surface area contributed by atoms with Gasteiger partial charge in [-0.15, -0.1) is 0 Å². The van der Waals surface area contributed by atoms with Crippen LogP contribution in [0.15, 0.2) is 142 Å². The van der Waals surface area contributed by atoms with Crippen LogP contribution in [0.4, 0.5) is 0 Å². The third kappa shape index (κ3) is 3.03. The molecule has 0 unspecified atom stereocenters. The van der Waals surface area contributed by atoms with Gasteiger partial charge in [0.2, 0.25) is 0 Å². The minimum absolute atomic E-state index is 0.864. The zero-order valence-corrected chi connectivity index (χ0v) is 23.9. The molecule has 0 saturated carbocycles. The minimum Gasteiger partial charge on any atom is -0.456 e. The van der Waals surface area contributed by atoms with Crippen LogP contribution in [0.2, 0.25) is 0 Å². The van der Waals surface area contributed by atoms with Crippen LogP contribution < -0.4 is 0 Å². The van der Waals surface area contributed by atoms with Crippen LogP contribution in [0.25, 0.3) is 104 Å². The zero-order chi connectivity index (χ0) is 29.2. The second-order valence-corrected chi connectivity index (χ2v) is 11.9. The molecule has 11 rings (SSSR count). The fourth-order valence-electron chi connectivity index (χ4n) is 7.56. The number of fused-ring (bicyclic) bond motifs is 17. The molecule has 208 valence electrons. The molecule has 0 aliphatic carbocycles. The summed E-state index contributed by atoms with van der Waals surface area (Å²) >= 11 is 0. The van der Waals surface area contributed by atoms with Gasteiger partial charge >= 0.3 is 0 Å². The van der Waals surface area contributed by atoms with Gasteiger partial charge in [-0.1, -0.05) is 84.9 Å². The summed E-state index contributed by atoms with van der Waals surface area (Å²) in [6, 6.07) is 47.1. The highest BCUT2D eigenvalue weighted by atomic mass is 16.3. The molecule has 0 aliphatic rings. The van der Waals surface area contributed by atoms with Crippen molar-refractivity contribution in [3.8, 4) is 11.1 Å². The van der Waals surface area contributed by atoms with E-state index < -0.39 is 0 Å². The van der Waals surface area contributed by atoms with Crippen LogP contribution in [-0.4, -0.2) is 9.38 Å². The lowest BCUT2D eigenvalue weighted by atomic mass is 9.97. The van der Waals surface area contributed by atoms with Crippen LogP contribution in [0.5, 0.6) is 0 Å². The van der Waals surface area contributed by atoms with Gasteiger partial charge < -0.3 is 8.83 Å². The minimum atomic E-state index is 0.864. The molecule has 4 heteroatoms. The predicted octanol–water partition coefficient (Wildman–Crippen LogP) is 11.4. The first kappa shape index (κ1) is 23.3. The largest absolute Gasteiger partial charge is 0.456 e. The van der Waals surface area contributed by atoms with Crippen LogP contribution >= 0.6 is 0 Å². The van der Waals surface area contributed by atoms with Crippen molar-refractivity contribution < 1.29 is 8.83 Å². The SMILES string of the molecule is c1ccc2c(c1)ccc1c3ccc(-c4ccc5c(c4)oc4ccc6oc7ccccc7c6c45)cc3n3c4ccccc4nc3c21. The van der Waals surface area contributed by atoms with Gasteiger partial charge in [-0.05, 0) is 75.8 Å². The number of hydrogen-bond donors (Lipinski definition) is 0. The summed E-state index contributed by atoms with van der Waals surface area (Å²) in [7, 11) is 0. The molecule has 0 fully saturated rings. The summed E-state index contributed by atoms with van der Waals surface area (Å²) in [6.07, 6.45) is 0. The molecule has 4 heterocycles. The summed E-state index contributed by atoms with van der Waals surface area (Å²) in [5, 5.41) is 10.4. The molecular formula is C41H22N2O2. The van der Waals surface area contributed by atoms with Gasteiger partial charge in [0.05, 0.1) is 16.6 Å². The van der Waals surface area contributed by atoms with E-state index >= 15 is 0 Å². The molecule has 0 amide bonds. The molecule has 0 saturated heterocycles. The molecular weight excluding hydrogens is 552 g/mol. The molecule has 0 spiro atoms. The fraction of sp³-hybridized carbons (Fsp3) is 0. The number of hydrogen-bond acceptors (Lipinski definition) is 3. The first-order chi connectivity index (χ1) is 22.3. The highest BCUT2D eigenvalue weighted by molar-refractivity contribution is 6.26. The highest BCUT2D eigenvalue weighted by Gasteiger charge is 2.19. The van der Waals surface area contributed by atoms with Crippen molar-refractivity contribution in [3.05, 3.63) is 133 Å². The summed E-state index contributed by atoms with van der Waals surface area (Å²) in [4.78, 5) is 5.19. The third-order valence-electron chi connectivity index (χ3n) is 9.55. The monoisotopic (exact) mass is 574 g/mol. The Morgan fingerprint density at radius 1 is 0.422 bits per heavy atom. The van der Waals surface area contributed by atoms with E-state index in [0.29, 0.717) is 0 Å². The van der Waals surface area contributed by atoms with Gasteiger partial charge in [-0.25, -0.2) is 4.98 Å². The van der Waals surface area contributed by atoms with Crippen molar-refractivity contribution in [2.75, 3.05) is 0 Å². The molecule has 45 heavy (non-hydrogen) atoms. The van der Waals surface area contributed by atoms with E-state index in [0.717, 1.165) is 77.2 Å². The first-order valence-electron chi connectivity index (χ1n) is 15.2. The standard InChI is InChI=1S/C41H22N2O2/c1-2-8-26-23(7-1)13-17-28-27-16-14-24(21-33(27)43-32-11-5-4-10-31(32)42-41(43)38(26)28)25-15-18-30-37(22-25)45-36-20-19-35-39(40(30)36)29-9-3-6-12-34(29)44-35/h1-22H. The van der Waals surface area contributed by atoms with Crippen LogP contribution in [-0.2, 0) is 0 Å². The molecule has 4 aromatic heterocycles. The van der Waals surface area contributed by atoms with E-state index in [1.807, 2.05) is 24.3 Å². The lowest BCUT2D eigenvalue weighted by molar-refractivity contribution is 0.663. The number of benzene rings is 7. The lowest BCUT2D eigenvalue weighted by Gasteiger charge is -2.13. The van der Waals surface area contributed by atoms with Crippen molar-refractivity contribution in [1.29, 1.82) is 0 Å². The molecule has 7 aromatic carbocycles. The molecule has 11 aromatic rings. The summed E-state index contributed by atoms with van der Waals surface area (Å²) in [5.41, 5.74) is 9.94. The van der Waals surface area contributed by atoms with Gasteiger partial charge in [0, 0.05) is 32.3 Å². The number of rotatable bonds is 1. The van der Waals surface area contributed by atoms with Crippen LogP contribution in [0.3, 0.4) is 0 Å². The first-order valence-corrected chi connectivity index (χ1v) is 15.2. The topological polar surface area (TPSA) is 43.6 Å². The number of para-hydroxylation sites is 3. The summed E-state index contributed by atoms with van der Waals surface area (Å²) in [6.45, 7) is 0. The molecule has 0 radical (unpaired) electrons. The molecule has 0 atom stereocenters. The average molecular weight is 575 g/mol. The van der Waals surface area contributed by atoms with E-state index in [1.54, 1.807) is 0 Å². The Bertz CT molecular complexity index is 3050. The normalized spacial score (nSPS) is 12.4. The third-order valence-corrected chi connectivity index (χ3v) is 9.55. The number of pyridine rings is 1. The van der Waals surface area contributed by atoms with E-state index in [9.17, 15) is 0 Å². The Hall–Kier alpha value is -6.13. The Labute approximate surface area is 255 Å². The van der Waals surface area contributed by atoms with E-state index in [-0.39, 0.29) is 0 Å². The van der Waals surface area contributed by atoms with Gasteiger partial charge in [-0.3, -0.25) is 4.40 Å². The summed E-state index contributed by atoms with van der Waals surface area (Å²) in [5.74, 6) is 0. The van der Waals surface area contributed by atoms with Crippen LogP contribution in [0, 0.1) is 0 Å². The van der Waals surface area contributed by atoms with Gasteiger partial charge in [0.1, 0.15) is 28.0 Å². The second-order valence-electron chi connectivity index (χ2n) is 11.9. The maximum absolute atomic E-state index is 6.49. The van der Waals surface area contributed by atoms with Gasteiger partial charge in [0.15, 0.2) is 0 Å². The smallest absolute Gasteiger partial charge is 0.147 e. The highest BCUT2D eigenvalue weighted by Crippen LogP contribution is 2.42. The zero-order valence-electron chi connectivity index (χ0n) is 23.9. The van der Waals surface area contributed by atoms with Crippen LogP contribution in [0.1, 0.15) is 0 Å². The molecule has 0 N–H and O–H groups in total. The van der Waals surface area contributed by atoms with Crippen molar-refractivity contribution in [1.82, 2.24) is 9.38 Å². The Kier molecular flexibility index (Phi) is 4.29. The average Bonchev–Trinajstić information content (AvgIpc) is 3.78.